The number of rotatable bonds is 5. The zero-order valence-electron chi connectivity index (χ0n) is 21.4. The summed E-state index contributed by atoms with van der Waals surface area (Å²) in [5.41, 5.74) is -3.52. The number of sulfone groups is 1. The molecule has 37 heavy (non-hydrogen) atoms. The van der Waals surface area contributed by atoms with Crippen molar-refractivity contribution in [3.63, 3.8) is 0 Å². The molecule has 1 N–H and O–H groups in total. The van der Waals surface area contributed by atoms with Gasteiger partial charge in [0.25, 0.3) is 5.91 Å². The van der Waals surface area contributed by atoms with Gasteiger partial charge in [-0.3, -0.25) is 9.59 Å². The monoisotopic (exact) mass is 575 g/mol. The van der Waals surface area contributed by atoms with Gasteiger partial charge in [0.2, 0.25) is 0 Å². The summed E-state index contributed by atoms with van der Waals surface area (Å²) in [7, 11) is -3.87. The lowest BCUT2D eigenvalue weighted by molar-refractivity contribution is -0.0954. The van der Waals surface area contributed by atoms with Crippen LogP contribution in [0.15, 0.2) is 40.7 Å². The second-order valence-electron chi connectivity index (χ2n) is 8.48. The minimum absolute atomic E-state index is 0.0584. The molecule has 1 aliphatic carbocycles. The zero-order valence-corrected chi connectivity index (χ0v) is 23.0. The first kappa shape index (κ1) is 34.6. The Kier molecular flexibility index (Phi) is 12.1. The summed E-state index contributed by atoms with van der Waals surface area (Å²) >= 11 is 0.549. The summed E-state index contributed by atoms with van der Waals surface area (Å²) in [4.78, 5) is 25.1. The van der Waals surface area contributed by atoms with Crippen molar-refractivity contribution in [1.29, 1.82) is 0 Å². The number of amides is 1. The third-order valence-corrected chi connectivity index (χ3v) is 7.88. The van der Waals surface area contributed by atoms with Crippen LogP contribution in [0.5, 0.6) is 0 Å². The molecule has 1 aromatic rings. The maximum absolute atomic E-state index is 13.1. The molecule has 2 rings (SSSR count). The molecule has 0 unspecified atom stereocenters. The van der Waals surface area contributed by atoms with E-state index in [1.54, 1.807) is 13.8 Å². The first-order valence-electron chi connectivity index (χ1n) is 10.9. The highest BCUT2D eigenvalue weighted by atomic mass is 32.2. The Morgan fingerprint density at radius 3 is 2.03 bits per heavy atom. The number of Topliss-reactive ketones (excluding diaryl/α,β-unsaturated/α-hetero) is 1. The molecule has 210 valence electrons. The third-order valence-electron chi connectivity index (χ3n) is 4.82. The Bertz CT molecular complexity index is 1160. The Hall–Kier alpha value is -2.41. The molecule has 5 nitrogen and oxygen atoms in total. The number of hydrogen-bond acceptors (Lipinski definition) is 5. The molecule has 0 aliphatic heterocycles. The molecular weight excluding hydrogens is 544 g/mol. The quantitative estimate of drug-likeness (QED) is 0.236. The fourth-order valence-corrected chi connectivity index (χ4v) is 5.76. The minimum Gasteiger partial charge on any atom is -0.348 e. The summed E-state index contributed by atoms with van der Waals surface area (Å²) in [5, 5.41) is 2.15. The maximum Gasteiger partial charge on any atom is 0.416 e. The Morgan fingerprint density at radius 2 is 1.59 bits per heavy atom. The van der Waals surface area contributed by atoms with Crippen molar-refractivity contribution in [1.82, 2.24) is 5.32 Å². The van der Waals surface area contributed by atoms with Crippen LogP contribution < -0.4 is 5.32 Å². The van der Waals surface area contributed by atoms with Crippen LogP contribution in [-0.4, -0.2) is 45.3 Å². The third kappa shape index (κ3) is 9.44. The van der Waals surface area contributed by atoms with Gasteiger partial charge >= 0.3 is 12.4 Å². The lowest BCUT2D eigenvalue weighted by Gasteiger charge is -2.29. The molecule has 0 radical (unpaired) electrons. The molecule has 1 amide bonds. The normalized spacial score (nSPS) is 16.1. The first-order valence-corrected chi connectivity index (χ1v) is 13.6. The number of allylic oxidation sites excluding steroid dienone is 3. The fourth-order valence-electron chi connectivity index (χ4n) is 3.31. The van der Waals surface area contributed by atoms with Crippen LogP contribution in [-0.2, 0) is 16.3 Å². The highest BCUT2D eigenvalue weighted by molar-refractivity contribution is 7.92. The molecule has 1 heterocycles. The van der Waals surface area contributed by atoms with E-state index in [0.717, 1.165) is 6.26 Å². The van der Waals surface area contributed by atoms with Gasteiger partial charge in [-0.15, -0.1) is 24.5 Å². The Morgan fingerprint density at radius 1 is 1.08 bits per heavy atom. The second-order valence-corrected chi connectivity index (χ2v) is 11.7. The summed E-state index contributed by atoms with van der Waals surface area (Å²) in [6.45, 7) is 13.2. The van der Waals surface area contributed by atoms with Crippen LogP contribution in [0.3, 0.4) is 0 Å². The van der Waals surface area contributed by atoms with E-state index in [0.29, 0.717) is 24.3 Å². The largest absolute Gasteiger partial charge is 0.416 e. The highest BCUT2D eigenvalue weighted by Gasteiger charge is 2.40. The van der Waals surface area contributed by atoms with Gasteiger partial charge in [0.1, 0.15) is 4.21 Å². The highest BCUT2D eigenvalue weighted by Crippen LogP contribution is 2.43. The average Bonchev–Trinajstić information content (AvgIpc) is 3.13. The Balaban J connectivity index is 0.00000308. The fraction of sp³-hybridized carbons (Fsp3) is 0.500. The maximum atomic E-state index is 13.1. The zero-order chi connectivity index (χ0) is 29.6. The van der Waals surface area contributed by atoms with E-state index >= 15 is 0 Å². The molecule has 1 aliphatic rings. The summed E-state index contributed by atoms with van der Waals surface area (Å²) in [6, 6.07) is 0. The van der Waals surface area contributed by atoms with Gasteiger partial charge in [-0.2, -0.15) is 26.3 Å². The van der Waals surface area contributed by atoms with E-state index in [9.17, 15) is 44.3 Å². The molecule has 0 saturated carbocycles. The van der Waals surface area contributed by atoms with E-state index in [2.05, 4.69) is 18.5 Å². The van der Waals surface area contributed by atoms with Gasteiger partial charge < -0.3 is 5.32 Å². The standard InChI is InChI=1S/C20H21F6NO4S2.C2H6.C2H4/c1-10(19(21,22)23)7-11(20(24,25)26)5-6-27-16(29)15-12-8-18(2,3)9-13(28)14(12)17(32-15)33(4,30)31;2*1-2/h5,7H,6,8-9H2,1-4H3,(H,27,29);1-2H3;1-2H2/b10-7+,11-5+;;. The van der Waals surface area contributed by atoms with E-state index in [-0.39, 0.29) is 39.1 Å². The SMILES string of the molecule is C/C(=C\C(=C/CNC(=O)c1sc(S(C)(=O)=O)c2c1CC(C)(C)CC2=O)C(F)(F)F)C(F)(F)F.C=C.CC. The van der Waals surface area contributed by atoms with Crippen LogP contribution in [0.2, 0.25) is 0 Å². The van der Waals surface area contributed by atoms with Crippen LogP contribution in [0.25, 0.3) is 0 Å². The van der Waals surface area contributed by atoms with Gasteiger partial charge in [0, 0.05) is 24.8 Å². The van der Waals surface area contributed by atoms with Crippen LogP contribution in [0.4, 0.5) is 26.3 Å². The number of alkyl halides is 6. The number of carbonyl (C=O) groups is 2. The molecule has 1 aromatic heterocycles. The van der Waals surface area contributed by atoms with Gasteiger partial charge in [-0.05, 0) is 30.4 Å². The van der Waals surface area contributed by atoms with E-state index in [4.69, 9.17) is 0 Å². The van der Waals surface area contributed by atoms with E-state index in [1.807, 2.05) is 13.8 Å². The van der Waals surface area contributed by atoms with Crippen LogP contribution in [0.1, 0.15) is 66.6 Å². The number of halogens is 6. The summed E-state index contributed by atoms with van der Waals surface area (Å²) in [6.07, 6.45) is -8.60. The molecule has 0 fully saturated rings. The van der Waals surface area contributed by atoms with Crippen molar-refractivity contribution in [2.75, 3.05) is 12.8 Å². The van der Waals surface area contributed by atoms with Crippen molar-refractivity contribution in [3.8, 4) is 0 Å². The number of hydrogen-bond donors (Lipinski definition) is 1. The lowest BCUT2D eigenvalue weighted by atomic mass is 9.74. The predicted octanol–water partition coefficient (Wildman–Crippen LogP) is 6.86. The molecular formula is C24H31F6NO4S2. The van der Waals surface area contributed by atoms with Crippen molar-refractivity contribution in [3.05, 3.63) is 52.5 Å². The Labute approximate surface area is 217 Å². The van der Waals surface area contributed by atoms with Gasteiger partial charge in [0.15, 0.2) is 15.6 Å². The van der Waals surface area contributed by atoms with Gasteiger partial charge in [-0.25, -0.2) is 8.42 Å². The lowest BCUT2D eigenvalue weighted by Crippen LogP contribution is -2.30. The summed E-state index contributed by atoms with van der Waals surface area (Å²) in [5.74, 6) is -1.38. The van der Waals surface area contributed by atoms with Gasteiger partial charge in [-0.1, -0.05) is 33.8 Å². The second kappa shape index (κ2) is 12.9. The van der Waals surface area contributed by atoms with Crippen LogP contribution >= 0.6 is 11.3 Å². The number of ketones is 1. The van der Waals surface area contributed by atoms with Crippen molar-refractivity contribution in [2.45, 2.75) is 64.0 Å². The molecule has 0 aromatic carbocycles. The summed E-state index contributed by atoms with van der Waals surface area (Å²) < 4.78 is 101. The molecule has 0 atom stereocenters. The van der Waals surface area contributed by atoms with Crippen molar-refractivity contribution >= 4 is 32.9 Å². The van der Waals surface area contributed by atoms with Gasteiger partial charge in [0.05, 0.1) is 16.0 Å². The first-order chi connectivity index (χ1) is 16.7. The smallest absolute Gasteiger partial charge is 0.348 e. The number of nitrogens with one attached hydrogen (secondary N) is 1. The molecule has 0 bridgehead atoms. The van der Waals surface area contributed by atoms with Crippen molar-refractivity contribution in [2.24, 2.45) is 5.41 Å². The minimum atomic E-state index is -5.10. The topological polar surface area (TPSA) is 80.3 Å². The predicted molar refractivity (Wildman–Crippen MR) is 133 cm³/mol. The van der Waals surface area contributed by atoms with Crippen molar-refractivity contribution < 1.29 is 44.3 Å². The molecule has 13 heteroatoms. The van der Waals surface area contributed by atoms with E-state index in [1.165, 1.54) is 0 Å². The number of thiophene rings is 1. The number of fused-ring (bicyclic) bond motifs is 1. The van der Waals surface area contributed by atoms with Crippen LogP contribution in [0, 0.1) is 5.41 Å². The molecule has 0 spiro atoms. The number of carbonyl (C=O) groups excluding carboxylic acids is 2. The average molecular weight is 576 g/mol. The molecule has 0 saturated heterocycles. The van der Waals surface area contributed by atoms with E-state index < -0.39 is 57.0 Å².